The van der Waals surface area contributed by atoms with E-state index in [2.05, 4.69) is 24.1 Å². The largest absolute Gasteiger partial charge is 0.353 e. The van der Waals surface area contributed by atoms with E-state index in [9.17, 15) is 9.59 Å². The summed E-state index contributed by atoms with van der Waals surface area (Å²) in [5.74, 6) is 1.40. The highest BCUT2D eigenvalue weighted by Crippen LogP contribution is 2.29. The first-order chi connectivity index (χ1) is 13.5. The Hall–Kier alpha value is -1.95. The second-order valence-corrected chi connectivity index (χ2v) is 8.57. The van der Waals surface area contributed by atoms with Crippen molar-refractivity contribution in [2.75, 3.05) is 0 Å². The molecule has 2 aromatic rings. The second kappa shape index (κ2) is 9.50. The summed E-state index contributed by atoms with van der Waals surface area (Å²) in [4.78, 5) is 28.0. The normalized spacial score (nSPS) is 22.3. The summed E-state index contributed by atoms with van der Waals surface area (Å²) in [5, 5.41) is 3.89. The fourth-order valence-corrected chi connectivity index (χ4v) is 4.48. The standard InChI is InChI=1S/C22H31N3O2S/c1-15-9-8-12-18(16(15)2)23-20(26)13-4-3-7-14-25-21(27)17-10-5-6-11-19(17)24-22(25)28/h5-6,10-11,15-16,18H,3-4,7-9,12-14H2,1-2H3,(H,23,26)(H,24,28)/t15-,16+,18-/m1/s1. The summed E-state index contributed by atoms with van der Waals surface area (Å²) >= 11 is 5.34. The number of para-hydroxylation sites is 1. The summed E-state index contributed by atoms with van der Waals surface area (Å²) in [7, 11) is 0. The van der Waals surface area contributed by atoms with Gasteiger partial charge in [0, 0.05) is 19.0 Å². The van der Waals surface area contributed by atoms with Gasteiger partial charge in [0.05, 0.1) is 10.9 Å². The molecule has 0 bridgehead atoms. The molecule has 5 nitrogen and oxygen atoms in total. The first-order valence-corrected chi connectivity index (χ1v) is 10.9. The number of benzene rings is 1. The highest BCUT2D eigenvalue weighted by molar-refractivity contribution is 7.71. The van der Waals surface area contributed by atoms with E-state index in [0.717, 1.165) is 31.2 Å². The zero-order valence-corrected chi connectivity index (χ0v) is 17.7. The molecule has 6 heteroatoms. The van der Waals surface area contributed by atoms with Crippen molar-refractivity contribution < 1.29 is 4.79 Å². The van der Waals surface area contributed by atoms with Crippen LogP contribution in [0, 0.1) is 16.6 Å². The molecule has 1 heterocycles. The van der Waals surface area contributed by atoms with Crippen LogP contribution < -0.4 is 10.9 Å². The Morgan fingerprint density at radius 2 is 2.00 bits per heavy atom. The molecule has 1 amide bonds. The number of aromatic nitrogens is 2. The van der Waals surface area contributed by atoms with Crippen molar-refractivity contribution in [3.8, 4) is 0 Å². The number of carbonyl (C=O) groups excluding carboxylic acids is 1. The maximum atomic E-state index is 12.6. The molecular formula is C22H31N3O2S. The Morgan fingerprint density at radius 1 is 1.21 bits per heavy atom. The second-order valence-electron chi connectivity index (χ2n) is 8.18. The molecule has 3 rings (SSSR count). The van der Waals surface area contributed by atoms with Crippen LogP contribution in [0.5, 0.6) is 0 Å². The van der Waals surface area contributed by atoms with Crippen molar-refractivity contribution in [1.82, 2.24) is 14.9 Å². The molecule has 1 aliphatic rings. The predicted molar refractivity (Wildman–Crippen MR) is 116 cm³/mol. The molecule has 28 heavy (non-hydrogen) atoms. The summed E-state index contributed by atoms with van der Waals surface area (Å²) in [6.07, 6.45) is 6.69. The molecule has 0 saturated heterocycles. The van der Waals surface area contributed by atoms with Gasteiger partial charge in [0.2, 0.25) is 5.91 Å². The molecule has 3 atom stereocenters. The molecule has 2 N–H and O–H groups in total. The SMILES string of the molecule is C[C@H]1[C@H](C)CCC[C@H]1NC(=O)CCCCCn1c(=S)[nH]c2ccccc2c1=O. The minimum Gasteiger partial charge on any atom is -0.353 e. The van der Waals surface area contributed by atoms with E-state index in [1.807, 2.05) is 24.3 Å². The fraction of sp³-hybridized carbons (Fsp3) is 0.591. The third-order valence-corrected chi connectivity index (χ3v) is 6.55. The lowest BCUT2D eigenvalue weighted by atomic mass is 9.78. The van der Waals surface area contributed by atoms with Crippen LogP contribution in [-0.4, -0.2) is 21.5 Å². The van der Waals surface area contributed by atoms with E-state index in [-0.39, 0.29) is 11.5 Å². The average Bonchev–Trinajstić information content (AvgIpc) is 2.67. The molecule has 1 aromatic heterocycles. The van der Waals surface area contributed by atoms with Gasteiger partial charge in [-0.05, 0) is 55.4 Å². The van der Waals surface area contributed by atoms with Crippen molar-refractivity contribution in [3.63, 3.8) is 0 Å². The van der Waals surface area contributed by atoms with Gasteiger partial charge in [-0.2, -0.15) is 0 Å². The fourth-order valence-electron chi connectivity index (χ4n) is 4.20. The third-order valence-electron chi connectivity index (χ3n) is 6.23. The number of rotatable bonds is 7. The van der Waals surface area contributed by atoms with E-state index >= 15 is 0 Å². The van der Waals surface area contributed by atoms with Crippen LogP contribution in [0.4, 0.5) is 0 Å². The van der Waals surface area contributed by atoms with Crippen LogP contribution in [-0.2, 0) is 11.3 Å². The van der Waals surface area contributed by atoms with Gasteiger partial charge >= 0.3 is 0 Å². The lowest BCUT2D eigenvalue weighted by Crippen LogP contribution is -2.43. The van der Waals surface area contributed by atoms with Crippen LogP contribution in [0.15, 0.2) is 29.1 Å². The maximum Gasteiger partial charge on any atom is 0.262 e. The smallest absolute Gasteiger partial charge is 0.262 e. The molecule has 1 aliphatic carbocycles. The van der Waals surface area contributed by atoms with Crippen LogP contribution in [0.3, 0.4) is 0 Å². The van der Waals surface area contributed by atoms with E-state index in [1.54, 1.807) is 4.57 Å². The van der Waals surface area contributed by atoms with Crippen molar-refractivity contribution in [2.24, 2.45) is 11.8 Å². The zero-order valence-electron chi connectivity index (χ0n) is 16.9. The molecule has 0 spiro atoms. The van der Waals surface area contributed by atoms with Gasteiger partial charge in [0.15, 0.2) is 4.77 Å². The van der Waals surface area contributed by atoms with E-state index in [0.29, 0.717) is 41.0 Å². The lowest BCUT2D eigenvalue weighted by Gasteiger charge is -2.34. The number of hydrogen-bond donors (Lipinski definition) is 2. The minimum absolute atomic E-state index is 0.0440. The van der Waals surface area contributed by atoms with Gasteiger partial charge < -0.3 is 10.3 Å². The number of unbranched alkanes of at least 4 members (excludes halogenated alkanes) is 2. The number of fused-ring (bicyclic) bond motifs is 1. The summed E-state index contributed by atoms with van der Waals surface area (Å²) in [6, 6.07) is 7.75. The van der Waals surface area contributed by atoms with E-state index in [1.165, 1.54) is 12.8 Å². The Morgan fingerprint density at radius 3 is 2.82 bits per heavy atom. The first kappa shape index (κ1) is 20.8. The van der Waals surface area contributed by atoms with Crippen LogP contribution in [0.2, 0.25) is 0 Å². The number of amides is 1. The molecule has 0 aliphatic heterocycles. The number of carbonyl (C=O) groups is 1. The molecule has 1 fully saturated rings. The lowest BCUT2D eigenvalue weighted by molar-refractivity contribution is -0.122. The highest BCUT2D eigenvalue weighted by atomic mass is 32.1. The average molecular weight is 402 g/mol. The summed E-state index contributed by atoms with van der Waals surface area (Å²) < 4.78 is 2.09. The van der Waals surface area contributed by atoms with E-state index < -0.39 is 0 Å². The van der Waals surface area contributed by atoms with Gasteiger partial charge in [-0.1, -0.05) is 45.2 Å². The van der Waals surface area contributed by atoms with Crippen molar-refractivity contribution in [3.05, 3.63) is 39.4 Å². The number of nitrogens with zero attached hydrogens (tertiary/aromatic N) is 1. The summed E-state index contributed by atoms with van der Waals surface area (Å²) in [5.41, 5.74) is 0.731. The Kier molecular flexibility index (Phi) is 7.05. The Balaban J connectivity index is 1.45. The van der Waals surface area contributed by atoms with E-state index in [4.69, 9.17) is 12.2 Å². The van der Waals surface area contributed by atoms with Gasteiger partial charge in [-0.25, -0.2) is 0 Å². The monoisotopic (exact) mass is 401 g/mol. The number of nitrogens with one attached hydrogen (secondary N) is 2. The van der Waals surface area contributed by atoms with Crippen molar-refractivity contribution in [1.29, 1.82) is 0 Å². The molecule has 0 unspecified atom stereocenters. The van der Waals surface area contributed by atoms with Crippen LogP contribution >= 0.6 is 12.2 Å². The van der Waals surface area contributed by atoms with Gasteiger partial charge in [0.1, 0.15) is 0 Å². The molecule has 1 aromatic carbocycles. The molecular weight excluding hydrogens is 370 g/mol. The van der Waals surface area contributed by atoms with Crippen LogP contribution in [0.1, 0.15) is 58.8 Å². The van der Waals surface area contributed by atoms with Gasteiger partial charge in [-0.3, -0.25) is 14.2 Å². The van der Waals surface area contributed by atoms with Crippen molar-refractivity contribution in [2.45, 2.75) is 71.4 Å². The molecule has 1 saturated carbocycles. The summed E-state index contributed by atoms with van der Waals surface area (Å²) in [6.45, 7) is 5.11. The zero-order chi connectivity index (χ0) is 20.1. The minimum atomic E-state index is -0.0440. The Bertz CT molecular complexity index is 933. The van der Waals surface area contributed by atoms with Gasteiger partial charge in [0.25, 0.3) is 5.56 Å². The highest BCUT2D eigenvalue weighted by Gasteiger charge is 2.27. The number of hydrogen-bond acceptors (Lipinski definition) is 3. The van der Waals surface area contributed by atoms with Crippen molar-refractivity contribution >= 4 is 29.0 Å². The predicted octanol–water partition coefficient (Wildman–Crippen LogP) is 4.56. The van der Waals surface area contributed by atoms with Gasteiger partial charge in [-0.15, -0.1) is 0 Å². The Labute approximate surface area is 171 Å². The number of aromatic amines is 1. The maximum absolute atomic E-state index is 12.6. The third kappa shape index (κ3) is 4.90. The topological polar surface area (TPSA) is 66.9 Å². The molecule has 152 valence electrons. The van der Waals surface area contributed by atoms with Crippen LogP contribution in [0.25, 0.3) is 10.9 Å². The first-order valence-electron chi connectivity index (χ1n) is 10.5. The quantitative estimate of drug-likeness (QED) is 0.528. The molecule has 0 radical (unpaired) electrons. The number of H-pyrrole nitrogens is 1.